The third kappa shape index (κ3) is 3.51. The number of carboxylic acids is 1. The fourth-order valence-corrected chi connectivity index (χ4v) is 2.83. The van der Waals surface area contributed by atoms with Crippen molar-refractivity contribution in [2.24, 2.45) is 5.92 Å². The Morgan fingerprint density at radius 1 is 1.25 bits per heavy atom. The van der Waals surface area contributed by atoms with Crippen molar-refractivity contribution in [2.75, 3.05) is 0 Å². The molecule has 0 saturated heterocycles. The van der Waals surface area contributed by atoms with Crippen LogP contribution in [0.1, 0.15) is 31.1 Å². The highest BCUT2D eigenvalue weighted by molar-refractivity contribution is 7.89. The molecule has 1 unspecified atom stereocenters. The molecular formula is C12H15F2NO4S. The van der Waals surface area contributed by atoms with Crippen molar-refractivity contribution in [1.29, 1.82) is 0 Å². The summed E-state index contributed by atoms with van der Waals surface area (Å²) in [6.07, 6.45) is 0. The minimum Gasteiger partial charge on any atom is -0.478 e. The Kier molecular flexibility index (Phi) is 4.82. The van der Waals surface area contributed by atoms with Crippen molar-refractivity contribution >= 4 is 16.0 Å². The number of carbonyl (C=O) groups is 1. The van der Waals surface area contributed by atoms with Crippen LogP contribution in [-0.2, 0) is 10.0 Å². The first-order chi connectivity index (χ1) is 9.06. The van der Waals surface area contributed by atoms with E-state index in [9.17, 15) is 22.0 Å². The molecule has 0 spiro atoms. The SMILES string of the molecule is CC(C)C(C)NS(=O)(=O)c1cc(C(=O)O)cc(F)c1F. The molecule has 20 heavy (non-hydrogen) atoms. The summed E-state index contributed by atoms with van der Waals surface area (Å²) in [7, 11) is -4.34. The first kappa shape index (κ1) is 16.5. The summed E-state index contributed by atoms with van der Waals surface area (Å²) >= 11 is 0. The quantitative estimate of drug-likeness (QED) is 0.871. The lowest BCUT2D eigenvalue weighted by Crippen LogP contribution is -2.36. The van der Waals surface area contributed by atoms with Gasteiger partial charge in [-0.05, 0) is 25.0 Å². The van der Waals surface area contributed by atoms with Gasteiger partial charge in [0, 0.05) is 6.04 Å². The van der Waals surface area contributed by atoms with E-state index >= 15 is 0 Å². The molecule has 1 atom stereocenters. The average Bonchev–Trinajstić information content (AvgIpc) is 2.31. The van der Waals surface area contributed by atoms with Crippen LogP contribution in [0.15, 0.2) is 17.0 Å². The van der Waals surface area contributed by atoms with Crippen molar-refractivity contribution in [2.45, 2.75) is 31.7 Å². The second-order valence-electron chi connectivity index (χ2n) is 4.73. The zero-order valence-electron chi connectivity index (χ0n) is 11.1. The van der Waals surface area contributed by atoms with E-state index in [1.165, 1.54) is 0 Å². The van der Waals surface area contributed by atoms with Crippen molar-refractivity contribution in [3.8, 4) is 0 Å². The van der Waals surface area contributed by atoms with Crippen LogP contribution in [0, 0.1) is 17.6 Å². The maximum Gasteiger partial charge on any atom is 0.335 e. The maximum absolute atomic E-state index is 13.6. The van der Waals surface area contributed by atoms with Crippen LogP contribution >= 0.6 is 0 Å². The largest absolute Gasteiger partial charge is 0.478 e. The molecular weight excluding hydrogens is 292 g/mol. The van der Waals surface area contributed by atoms with E-state index in [0.717, 1.165) is 0 Å². The van der Waals surface area contributed by atoms with Crippen LogP contribution in [0.5, 0.6) is 0 Å². The van der Waals surface area contributed by atoms with E-state index in [2.05, 4.69) is 4.72 Å². The van der Waals surface area contributed by atoms with Crippen LogP contribution in [-0.4, -0.2) is 25.5 Å². The molecule has 2 N–H and O–H groups in total. The molecule has 0 fully saturated rings. The third-order valence-electron chi connectivity index (χ3n) is 2.87. The number of hydrogen-bond acceptors (Lipinski definition) is 3. The standard InChI is InChI=1S/C12H15F2NO4S/c1-6(2)7(3)15-20(18,19)10-5-8(12(16)17)4-9(13)11(10)14/h4-7,15H,1-3H3,(H,16,17). The van der Waals surface area contributed by atoms with Crippen LogP contribution in [0.4, 0.5) is 8.78 Å². The molecule has 5 nitrogen and oxygen atoms in total. The van der Waals surface area contributed by atoms with Gasteiger partial charge in [0.2, 0.25) is 10.0 Å². The number of sulfonamides is 1. The topological polar surface area (TPSA) is 83.5 Å². The van der Waals surface area contributed by atoms with Crippen molar-refractivity contribution in [3.05, 3.63) is 29.3 Å². The molecule has 1 rings (SSSR count). The Balaban J connectivity index is 3.34. The smallest absolute Gasteiger partial charge is 0.335 e. The first-order valence-electron chi connectivity index (χ1n) is 5.81. The van der Waals surface area contributed by atoms with E-state index in [0.29, 0.717) is 12.1 Å². The number of rotatable bonds is 5. The predicted octanol–water partition coefficient (Wildman–Crippen LogP) is 1.99. The Hall–Kier alpha value is -1.54. The predicted molar refractivity (Wildman–Crippen MR) is 67.9 cm³/mol. The van der Waals surface area contributed by atoms with Gasteiger partial charge in [-0.2, -0.15) is 0 Å². The van der Waals surface area contributed by atoms with Crippen molar-refractivity contribution in [3.63, 3.8) is 0 Å². The highest BCUT2D eigenvalue weighted by Gasteiger charge is 2.26. The van der Waals surface area contributed by atoms with E-state index in [4.69, 9.17) is 5.11 Å². The van der Waals surface area contributed by atoms with Gasteiger partial charge in [-0.25, -0.2) is 26.7 Å². The molecule has 1 aromatic rings. The molecule has 0 aliphatic rings. The second kappa shape index (κ2) is 5.84. The molecule has 0 aromatic heterocycles. The summed E-state index contributed by atoms with van der Waals surface area (Å²) in [6.45, 7) is 5.06. The minimum atomic E-state index is -4.34. The van der Waals surface area contributed by atoms with Gasteiger partial charge in [0.05, 0.1) is 5.56 Å². The van der Waals surface area contributed by atoms with Crippen molar-refractivity contribution in [1.82, 2.24) is 4.72 Å². The van der Waals surface area contributed by atoms with E-state index in [1.807, 2.05) is 0 Å². The molecule has 0 bridgehead atoms. The summed E-state index contributed by atoms with van der Waals surface area (Å²) in [5.74, 6) is -4.74. The normalized spacial score (nSPS) is 13.5. The molecule has 1 aromatic carbocycles. The van der Waals surface area contributed by atoms with Crippen LogP contribution in [0.3, 0.4) is 0 Å². The van der Waals surface area contributed by atoms with Gasteiger partial charge in [0.15, 0.2) is 11.6 Å². The van der Waals surface area contributed by atoms with Crippen LogP contribution in [0.25, 0.3) is 0 Å². The molecule has 112 valence electrons. The second-order valence-corrected chi connectivity index (χ2v) is 6.41. The fraction of sp³-hybridized carbons (Fsp3) is 0.417. The molecule has 0 aliphatic carbocycles. The maximum atomic E-state index is 13.6. The van der Waals surface area contributed by atoms with Gasteiger partial charge >= 0.3 is 5.97 Å². The number of aromatic carboxylic acids is 1. The zero-order chi connectivity index (χ0) is 15.7. The monoisotopic (exact) mass is 307 g/mol. The lowest BCUT2D eigenvalue weighted by Gasteiger charge is -2.18. The van der Waals surface area contributed by atoms with Gasteiger partial charge in [0.1, 0.15) is 4.90 Å². The van der Waals surface area contributed by atoms with Gasteiger partial charge in [-0.3, -0.25) is 0 Å². The summed E-state index contributed by atoms with van der Waals surface area (Å²) in [5.41, 5.74) is -0.638. The van der Waals surface area contributed by atoms with E-state index < -0.39 is 44.1 Å². The number of halogens is 2. The van der Waals surface area contributed by atoms with Crippen LogP contribution in [0.2, 0.25) is 0 Å². The number of carboxylic acid groups (broad SMARTS) is 1. The lowest BCUT2D eigenvalue weighted by molar-refractivity contribution is 0.0696. The molecule has 8 heteroatoms. The highest BCUT2D eigenvalue weighted by atomic mass is 32.2. The molecule has 0 amide bonds. The van der Waals surface area contributed by atoms with Gasteiger partial charge in [-0.1, -0.05) is 13.8 Å². The number of nitrogens with one attached hydrogen (secondary N) is 1. The molecule has 0 saturated carbocycles. The van der Waals surface area contributed by atoms with Crippen LogP contribution < -0.4 is 4.72 Å². The Morgan fingerprint density at radius 2 is 1.80 bits per heavy atom. The summed E-state index contributed by atoms with van der Waals surface area (Å²) in [5, 5.41) is 8.76. The van der Waals surface area contributed by atoms with Gasteiger partial charge in [-0.15, -0.1) is 0 Å². The molecule has 0 aliphatic heterocycles. The number of hydrogen-bond donors (Lipinski definition) is 2. The number of benzene rings is 1. The third-order valence-corrected chi connectivity index (χ3v) is 4.43. The Bertz CT molecular complexity index is 629. The van der Waals surface area contributed by atoms with E-state index in [-0.39, 0.29) is 5.92 Å². The molecule has 0 radical (unpaired) electrons. The van der Waals surface area contributed by atoms with Gasteiger partial charge < -0.3 is 5.11 Å². The molecule has 0 heterocycles. The Labute approximate surface area is 115 Å². The lowest BCUT2D eigenvalue weighted by atomic mass is 10.1. The fourth-order valence-electron chi connectivity index (χ4n) is 1.33. The highest BCUT2D eigenvalue weighted by Crippen LogP contribution is 2.21. The average molecular weight is 307 g/mol. The summed E-state index contributed by atoms with van der Waals surface area (Å²) in [4.78, 5) is 9.76. The van der Waals surface area contributed by atoms with Gasteiger partial charge in [0.25, 0.3) is 0 Å². The minimum absolute atomic E-state index is 0.0691. The zero-order valence-corrected chi connectivity index (χ0v) is 12.0. The summed E-state index contributed by atoms with van der Waals surface area (Å²) in [6, 6.07) is 0.509. The van der Waals surface area contributed by atoms with E-state index in [1.54, 1.807) is 20.8 Å². The first-order valence-corrected chi connectivity index (χ1v) is 7.29. The van der Waals surface area contributed by atoms with Crippen molar-refractivity contribution < 1.29 is 27.1 Å². The Morgan fingerprint density at radius 3 is 2.25 bits per heavy atom. The summed E-state index contributed by atoms with van der Waals surface area (Å²) < 4.78 is 53.0.